The van der Waals surface area contributed by atoms with Crippen molar-refractivity contribution in [2.24, 2.45) is 0 Å². The Hall–Kier alpha value is -1.81. The van der Waals surface area contributed by atoms with E-state index >= 15 is 0 Å². The average Bonchev–Trinajstić information content (AvgIpc) is 2.83. The normalized spacial score (nSPS) is 19.5. The number of hydrogen-bond donors (Lipinski definition) is 2. The SMILES string of the molecule is Cc1ccc2oc(C(=O)N[C@@H]3CCCNC3)cc2c1. The largest absolute Gasteiger partial charge is 0.451 e. The van der Waals surface area contributed by atoms with E-state index in [-0.39, 0.29) is 11.9 Å². The van der Waals surface area contributed by atoms with E-state index in [9.17, 15) is 4.79 Å². The fourth-order valence-corrected chi connectivity index (χ4v) is 2.51. The second kappa shape index (κ2) is 5.05. The summed E-state index contributed by atoms with van der Waals surface area (Å²) in [5.74, 6) is 0.272. The molecule has 2 N–H and O–H groups in total. The van der Waals surface area contributed by atoms with Gasteiger partial charge in [-0.15, -0.1) is 0 Å². The Bertz CT molecular complexity index is 597. The van der Waals surface area contributed by atoms with Crippen molar-refractivity contribution in [3.63, 3.8) is 0 Å². The van der Waals surface area contributed by atoms with Gasteiger partial charge in [0.25, 0.3) is 5.91 Å². The van der Waals surface area contributed by atoms with Gasteiger partial charge >= 0.3 is 0 Å². The second-order valence-electron chi connectivity index (χ2n) is 5.17. The molecule has 1 atom stereocenters. The van der Waals surface area contributed by atoms with Crippen LogP contribution in [0.3, 0.4) is 0 Å². The first kappa shape index (κ1) is 12.2. The van der Waals surface area contributed by atoms with Crippen molar-refractivity contribution in [1.29, 1.82) is 0 Å². The lowest BCUT2D eigenvalue weighted by Gasteiger charge is -2.23. The molecule has 2 heterocycles. The van der Waals surface area contributed by atoms with Crippen LogP contribution in [0.15, 0.2) is 28.7 Å². The van der Waals surface area contributed by atoms with Crippen LogP contribution in [0.4, 0.5) is 0 Å². The second-order valence-corrected chi connectivity index (χ2v) is 5.17. The fourth-order valence-electron chi connectivity index (χ4n) is 2.51. The van der Waals surface area contributed by atoms with Gasteiger partial charge in [0.2, 0.25) is 0 Å². The van der Waals surface area contributed by atoms with Crippen molar-refractivity contribution in [3.05, 3.63) is 35.6 Å². The fraction of sp³-hybridized carbons (Fsp3) is 0.400. The zero-order valence-corrected chi connectivity index (χ0v) is 11.0. The molecule has 19 heavy (non-hydrogen) atoms. The monoisotopic (exact) mass is 258 g/mol. The first-order valence-electron chi connectivity index (χ1n) is 6.74. The highest BCUT2D eigenvalue weighted by atomic mass is 16.3. The number of carbonyl (C=O) groups is 1. The third kappa shape index (κ3) is 2.63. The van der Waals surface area contributed by atoms with Crippen LogP contribution < -0.4 is 10.6 Å². The first-order valence-corrected chi connectivity index (χ1v) is 6.74. The van der Waals surface area contributed by atoms with Crippen LogP contribution in [0.25, 0.3) is 11.0 Å². The summed E-state index contributed by atoms with van der Waals surface area (Å²) in [6.07, 6.45) is 2.13. The molecule has 1 saturated heterocycles. The number of piperidine rings is 1. The Morgan fingerprint density at radius 2 is 2.32 bits per heavy atom. The molecule has 1 fully saturated rings. The summed E-state index contributed by atoms with van der Waals surface area (Å²) < 4.78 is 5.59. The molecule has 2 aromatic rings. The van der Waals surface area contributed by atoms with Crippen LogP contribution in [0.1, 0.15) is 29.0 Å². The molecule has 100 valence electrons. The van der Waals surface area contributed by atoms with E-state index in [2.05, 4.69) is 10.6 Å². The quantitative estimate of drug-likeness (QED) is 0.868. The first-order chi connectivity index (χ1) is 9.22. The Balaban J connectivity index is 1.77. The van der Waals surface area contributed by atoms with E-state index < -0.39 is 0 Å². The number of benzene rings is 1. The average molecular weight is 258 g/mol. The van der Waals surface area contributed by atoms with Crippen LogP contribution >= 0.6 is 0 Å². The molecule has 1 aliphatic heterocycles. The molecule has 0 spiro atoms. The minimum Gasteiger partial charge on any atom is -0.451 e. The summed E-state index contributed by atoms with van der Waals surface area (Å²) in [5, 5.41) is 7.27. The van der Waals surface area contributed by atoms with Crippen molar-refractivity contribution in [3.8, 4) is 0 Å². The lowest BCUT2D eigenvalue weighted by Crippen LogP contribution is -2.45. The number of carbonyl (C=O) groups excluding carboxylic acids is 1. The minimum absolute atomic E-state index is 0.123. The van der Waals surface area contributed by atoms with Gasteiger partial charge in [-0.05, 0) is 44.5 Å². The molecule has 1 amide bonds. The summed E-state index contributed by atoms with van der Waals surface area (Å²) in [5.41, 5.74) is 1.93. The lowest BCUT2D eigenvalue weighted by atomic mass is 10.1. The minimum atomic E-state index is -0.123. The molecule has 0 radical (unpaired) electrons. The van der Waals surface area contributed by atoms with Crippen LogP contribution in [0.2, 0.25) is 0 Å². The predicted octanol–water partition coefficient (Wildman–Crippen LogP) is 2.22. The van der Waals surface area contributed by atoms with Crippen LogP contribution in [0, 0.1) is 6.92 Å². The lowest BCUT2D eigenvalue weighted by molar-refractivity contribution is 0.0905. The standard InChI is InChI=1S/C15H18N2O2/c1-10-4-5-13-11(7-10)8-14(19-13)15(18)17-12-3-2-6-16-9-12/h4-5,7-8,12,16H,2-3,6,9H2,1H3,(H,17,18)/t12-/m1/s1. The van der Waals surface area contributed by atoms with E-state index in [1.54, 1.807) is 0 Å². The molecule has 1 aromatic heterocycles. The number of rotatable bonds is 2. The van der Waals surface area contributed by atoms with Gasteiger partial charge < -0.3 is 15.1 Å². The molecule has 1 aromatic carbocycles. The number of hydrogen-bond acceptors (Lipinski definition) is 3. The maximum atomic E-state index is 12.1. The van der Waals surface area contributed by atoms with Gasteiger partial charge in [0.1, 0.15) is 5.58 Å². The highest BCUT2D eigenvalue weighted by molar-refractivity contribution is 5.96. The van der Waals surface area contributed by atoms with Crippen LogP contribution in [-0.4, -0.2) is 25.0 Å². The van der Waals surface area contributed by atoms with E-state index in [1.807, 2.05) is 31.2 Å². The van der Waals surface area contributed by atoms with Crippen molar-refractivity contribution in [1.82, 2.24) is 10.6 Å². The summed E-state index contributed by atoms with van der Waals surface area (Å²) >= 11 is 0. The summed E-state index contributed by atoms with van der Waals surface area (Å²) in [6, 6.07) is 7.93. The number of nitrogens with one attached hydrogen (secondary N) is 2. The third-order valence-corrected chi connectivity index (χ3v) is 3.53. The highest BCUT2D eigenvalue weighted by Crippen LogP contribution is 2.20. The van der Waals surface area contributed by atoms with Crippen molar-refractivity contribution in [2.75, 3.05) is 13.1 Å². The van der Waals surface area contributed by atoms with Gasteiger partial charge in [-0.2, -0.15) is 0 Å². The van der Waals surface area contributed by atoms with E-state index in [4.69, 9.17) is 4.42 Å². The smallest absolute Gasteiger partial charge is 0.287 e. The molecule has 0 saturated carbocycles. The highest BCUT2D eigenvalue weighted by Gasteiger charge is 2.18. The topological polar surface area (TPSA) is 54.3 Å². The van der Waals surface area contributed by atoms with Gasteiger partial charge in [0.15, 0.2) is 5.76 Å². The molecule has 0 aliphatic carbocycles. The number of furan rings is 1. The van der Waals surface area contributed by atoms with E-state index in [1.165, 1.54) is 0 Å². The van der Waals surface area contributed by atoms with Crippen molar-refractivity contribution in [2.45, 2.75) is 25.8 Å². The maximum Gasteiger partial charge on any atom is 0.287 e. The molecule has 0 unspecified atom stereocenters. The van der Waals surface area contributed by atoms with Crippen LogP contribution in [0.5, 0.6) is 0 Å². The molecule has 4 heteroatoms. The molecule has 1 aliphatic rings. The predicted molar refractivity (Wildman–Crippen MR) is 74.3 cm³/mol. The molecular formula is C15H18N2O2. The molecule has 3 rings (SSSR count). The summed E-state index contributed by atoms with van der Waals surface area (Å²) in [6.45, 7) is 3.90. The molecular weight excluding hydrogens is 240 g/mol. The van der Waals surface area contributed by atoms with Gasteiger partial charge in [0, 0.05) is 18.0 Å². The molecule has 4 nitrogen and oxygen atoms in total. The van der Waals surface area contributed by atoms with Gasteiger partial charge in [-0.1, -0.05) is 11.6 Å². The zero-order chi connectivity index (χ0) is 13.2. The van der Waals surface area contributed by atoms with E-state index in [0.717, 1.165) is 42.5 Å². The third-order valence-electron chi connectivity index (χ3n) is 3.53. The maximum absolute atomic E-state index is 12.1. The number of aryl methyl sites for hydroxylation is 1. The van der Waals surface area contributed by atoms with Crippen molar-refractivity contribution >= 4 is 16.9 Å². The van der Waals surface area contributed by atoms with Crippen LogP contribution in [-0.2, 0) is 0 Å². The Labute approximate surface area is 112 Å². The Morgan fingerprint density at radius 1 is 1.42 bits per heavy atom. The zero-order valence-electron chi connectivity index (χ0n) is 11.0. The van der Waals surface area contributed by atoms with Crippen molar-refractivity contribution < 1.29 is 9.21 Å². The number of amides is 1. The van der Waals surface area contributed by atoms with Gasteiger partial charge in [0.05, 0.1) is 0 Å². The van der Waals surface area contributed by atoms with Gasteiger partial charge in [-0.3, -0.25) is 4.79 Å². The number of fused-ring (bicyclic) bond motifs is 1. The Morgan fingerprint density at radius 3 is 3.11 bits per heavy atom. The Kier molecular flexibility index (Phi) is 3.25. The molecule has 0 bridgehead atoms. The van der Waals surface area contributed by atoms with E-state index in [0.29, 0.717) is 5.76 Å². The van der Waals surface area contributed by atoms with Gasteiger partial charge in [-0.25, -0.2) is 0 Å². The summed E-state index contributed by atoms with van der Waals surface area (Å²) in [4.78, 5) is 12.1. The summed E-state index contributed by atoms with van der Waals surface area (Å²) in [7, 11) is 0.